The fraction of sp³-hybridized carbons (Fsp3) is 0.474. The molecular weight excluding hydrogens is 304 g/mol. The molecule has 0 spiro atoms. The summed E-state index contributed by atoms with van der Waals surface area (Å²) in [5.41, 5.74) is 0.526. The highest BCUT2D eigenvalue weighted by molar-refractivity contribution is 5.97. The molecule has 0 aromatic heterocycles. The number of carbonyl (C=O) groups is 2. The van der Waals surface area contributed by atoms with Crippen molar-refractivity contribution in [3.8, 4) is 0 Å². The van der Waals surface area contributed by atoms with Gasteiger partial charge in [0.1, 0.15) is 6.04 Å². The fourth-order valence-electron chi connectivity index (χ4n) is 2.33. The number of hydrogen-bond acceptors (Lipinski definition) is 3. The van der Waals surface area contributed by atoms with E-state index in [-0.39, 0.29) is 30.3 Å². The number of aliphatic hydroxyl groups is 1. The van der Waals surface area contributed by atoms with Crippen LogP contribution in [0.4, 0.5) is 0 Å². The lowest BCUT2D eigenvalue weighted by Gasteiger charge is -2.24. The highest BCUT2D eigenvalue weighted by Crippen LogP contribution is 2.10. The number of allylic oxidation sites excluding steroid dienone is 1. The van der Waals surface area contributed by atoms with E-state index in [0.29, 0.717) is 18.5 Å². The summed E-state index contributed by atoms with van der Waals surface area (Å²) in [6.45, 7) is 7.90. The Kier molecular flexibility index (Phi) is 8.79. The first-order chi connectivity index (χ1) is 11.5. The number of nitrogens with one attached hydrogen (secondary N) is 2. The Bertz CT molecular complexity index is 531. The lowest BCUT2D eigenvalue weighted by molar-refractivity contribution is -0.124. The molecule has 132 valence electrons. The van der Waals surface area contributed by atoms with Crippen LogP contribution in [0.15, 0.2) is 43.0 Å². The predicted molar refractivity (Wildman–Crippen MR) is 95.6 cm³/mol. The molecule has 24 heavy (non-hydrogen) atoms. The highest BCUT2D eigenvalue weighted by Gasteiger charge is 2.26. The van der Waals surface area contributed by atoms with Crippen molar-refractivity contribution in [2.45, 2.75) is 32.7 Å². The summed E-state index contributed by atoms with van der Waals surface area (Å²) in [7, 11) is 0. The molecule has 3 atom stereocenters. The molecule has 5 heteroatoms. The Labute approximate surface area is 144 Å². The molecule has 0 saturated heterocycles. The zero-order valence-electron chi connectivity index (χ0n) is 14.5. The van der Waals surface area contributed by atoms with Gasteiger partial charge >= 0.3 is 0 Å². The topological polar surface area (TPSA) is 78.4 Å². The number of hydrogen-bond donors (Lipinski definition) is 3. The van der Waals surface area contributed by atoms with Crippen LogP contribution in [0.3, 0.4) is 0 Å². The van der Waals surface area contributed by atoms with Crippen molar-refractivity contribution in [2.24, 2.45) is 11.8 Å². The molecule has 0 fully saturated rings. The van der Waals surface area contributed by atoms with Crippen molar-refractivity contribution in [3.05, 3.63) is 48.6 Å². The zero-order chi connectivity index (χ0) is 17.9. The van der Waals surface area contributed by atoms with Gasteiger partial charge in [0.2, 0.25) is 5.91 Å². The minimum atomic E-state index is -0.606. The fourth-order valence-corrected chi connectivity index (χ4v) is 2.33. The Morgan fingerprint density at radius 1 is 1.29 bits per heavy atom. The molecule has 1 rings (SSSR count). The molecule has 0 radical (unpaired) electrons. The van der Waals surface area contributed by atoms with Crippen molar-refractivity contribution in [1.82, 2.24) is 10.6 Å². The van der Waals surface area contributed by atoms with Crippen molar-refractivity contribution < 1.29 is 14.7 Å². The normalized spacial score (nSPS) is 14.3. The van der Waals surface area contributed by atoms with Gasteiger partial charge in [-0.05, 0) is 24.5 Å². The lowest BCUT2D eigenvalue weighted by atomic mass is 9.97. The summed E-state index contributed by atoms with van der Waals surface area (Å²) < 4.78 is 0. The van der Waals surface area contributed by atoms with Crippen molar-refractivity contribution in [2.75, 3.05) is 13.2 Å². The summed E-state index contributed by atoms with van der Waals surface area (Å²) in [6.07, 6.45) is 3.11. The maximum absolute atomic E-state index is 12.5. The van der Waals surface area contributed by atoms with Gasteiger partial charge in [-0.25, -0.2) is 0 Å². The van der Waals surface area contributed by atoms with Gasteiger partial charge in [-0.2, -0.15) is 0 Å². The second kappa shape index (κ2) is 10.6. The van der Waals surface area contributed by atoms with E-state index in [1.807, 2.05) is 19.9 Å². The Hall–Kier alpha value is -2.14. The van der Waals surface area contributed by atoms with Crippen LogP contribution in [0.1, 0.15) is 37.0 Å². The van der Waals surface area contributed by atoms with Gasteiger partial charge in [0, 0.05) is 24.6 Å². The molecule has 0 bridgehead atoms. The predicted octanol–water partition coefficient (Wildman–Crippen LogP) is 2.13. The molecular formula is C19H28N2O3. The van der Waals surface area contributed by atoms with Crippen LogP contribution in [0.2, 0.25) is 0 Å². The maximum Gasteiger partial charge on any atom is 0.251 e. The van der Waals surface area contributed by atoms with Crippen LogP contribution in [0.5, 0.6) is 0 Å². The van der Waals surface area contributed by atoms with Gasteiger partial charge in [0.25, 0.3) is 5.91 Å². The first kappa shape index (κ1) is 19.9. The summed E-state index contributed by atoms with van der Waals surface area (Å²) >= 11 is 0. The van der Waals surface area contributed by atoms with Gasteiger partial charge < -0.3 is 15.7 Å². The molecule has 0 heterocycles. The van der Waals surface area contributed by atoms with E-state index in [2.05, 4.69) is 17.2 Å². The van der Waals surface area contributed by atoms with E-state index < -0.39 is 6.04 Å². The summed E-state index contributed by atoms with van der Waals surface area (Å²) in [6, 6.07) is 8.23. The molecule has 5 nitrogen and oxygen atoms in total. The average molecular weight is 332 g/mol. The minimum Gasteiger partial charge on any atom is -0.396 e. The smallest absolute Gasteiger partial charge is 0.251 e. The van der Waals surface area contributed by atoms with Crippen LogP contribution in [-0.2, 0) is 4.79 Å². The number of amides is 2. The first-order valence-electron chi connectivity index (χ1n) is 8.38. The largest absolute Gasteiger partial charge is 0.396 e. The Balaban J connectivity index is 2.72. The molecule has 0 aliphatic rings. The third kappa shape index (κ3) is 6.16. The lowest BCUT2D eigenvalue weighted by Crippen LogP contribution is -2.51. The van der Waals surface area contributed by atoms with E-state index in [1.165, 1.54) is 0 Å². The van der Waals surface area contributed by atoms with Crippen molar-refractivity contribution in [3.63, 3.8) is 0 Å². The van der Waals surface area contributed by atoms with Crippen molar-refractivity contribution >= 4 is 11.8 Å². The van der Waals surface area contributed by atoms with Gasteiger partial charge in [0.05, 0.1) is 0 Å². The van der Waals surface area contributed by atoms with Gasteiger partial charge in [0.15, 0.2) is 0 Å². The van der Waals surface area contributed by atoms with Gasteiger partial charge in [-0.3, -0.25) is 9.59 Å². The van der Waals surface area contributed by atoms with Crippen LogP contribution >= 0.6 is 0 Å². The number of rotatable bonds is 10. The summed E-state index contributed by atoms with van der Waals surface area (Å²) in [4.78, 5) is 24.8. The maximum atomic E-state index is 12.5. The highest BCUT2D eigenvalue weighted by atomic mass is 16.3. The van der Waals surface area contributed by atoms with Crippen molar-refractivity contribution in [1.29, 1.82) is 0 Å². The Morgan fingerprint density at radius 3 is 2.50 bits per heavy atom. The summed E-state index contributed by atoms with van der Waals surface area (Å²) in [5, 5.41) is 14.9. The first-order valence-corrected chi connectivity index (χ1v) is 8.38. The average Bonchev–Trinajstić information content (AvgIpc) is 2.62. The second-order valence-electron chi connectivity index (χ2n) is 6.02. The SMILES string of the molecule is C=CC[C@H](CO)CNC(=O)[C@H](NC(=O)c1ccccc1)[C@@H](C)CC. The van der Waals surface area contributed by atoms with E-state index in [1.54, 1.807) is 30.3 Å². The van der Waals surface area contributed by atoms with E-state index >= 15 is 0 Å². The molecule has 0 saturated carbocycles. The van der Waals surface area contributed by atoms with E-state index in [4.69, 9.17) is 0 Å². The third-order valence-corrected chi connectivity index (χ3v) is 4.14. The molecule has 0 unspecified atom stereocenters. The number of carbonyl (C=O) groups excluding carboxylic acids is 2. The van der Waals surface area contributed by atoms with Crippen LogP contribution < -0.4 is 10.6 Å². The van der Waals surface area contributed by atoms with Crippen LogP contribution in [0.25, 0.3) is 0 Å². The third-order valence-electron chi connectivity index (χ3n) is 4.14. The standard InChI is InChI=1S/C19H28N2O3/c1-4-9-15(13-22)12-20-19(24)17(14(3)5-2)21-18(23)16-10-7-6-8-11-16/h4,6-8,10-11,14-15,17,22H,1,5,9,12-13H2,2-3H3,(H,20,24)(H,21,23)/t14-,15-,17+/m0/s1. The Morgan fingerprint density at radius 2 is 1.96 bits per heavy atom. The van der Waals surface area contributed by atoms with Gasteiger partial charge in [-0.15, -0.1) is 6.58 Å². The second-order valence-corrected chi connectivity index (χ2v) is 6.02. The van der Waals surface area contributed by atoms with Crippen LogP contribution in [0, 0.1) is 11.8 Å². The van der Waals surface area contributed by atoms with Crippen LogP contribution in [-0.4, -0.2) is 36.1 Å². The zero-order valence-corrected chi connectivity index (χ0v) is 14.5. The molecule has 3 N–H and O–H groups in total. The number of benzene rings is 1. The molecule has 0 aliphatic heterocycles. The summed E-state index contributed by atoms with van der Waals surface area (Å²) in [5.74, 6) is -0.546. The van der Waals surface area contributed by atoms with E-state index in [9.17, 15) is 14.7 Å². The number of aliphatic hydroxyl groups excluding tert-OH is 1. The quantitative estimate of drug-likeness (QED) is 0.574. The molecule has 1 aromatic rings. The monoisotopic (exact) mass is 332 g/mol. The molecule has 0 aliphatic carbocycles. The molecule has 1 aromatic carbocycles. The minimum absolute atomic E-state index is 0.00430. The van der Waals surface area contributed by atoms with E-state index in [0.717, 1.165) is 6.42 Å². The molecule has 2 amide bonds. The van der Waals surface area contributed by atoms with Gasteiger partial charge in [-0.1, -0.05) is 44.5 Å².